The van der Waals surface area contributed by atoms with Crippen LogP contribution in [0.3, 0.4) is 0 Å². The highest BCUT2D eigenvalue weighted by molar-refractivity contribution is 7.84. The van der Waals surface area contributed by atoms with E-state index in [-0.39, 0.29) is 18.8 Å². The maximum atomic E-state index is 11.0. The summed E-state index contributed by atoms with van der Waals surface area (Å²) in [7, 11) is -3.92. The van der Waals surface area contributed by atoms with Gasteiger partial charge in [-0.25, -0.2) is 5.14 Å². The topological polar surface area (TPSA) is 87.9 Å². The van der Waals surface area contributed by atoms with Crippen molar-refractivity contribution < 1.29 is 22.1 Å². The molecule has 2 unspecified atom stereocenters. The Labute approximate surface area is 143 Å². The van der Waals surface area contributed by atoms with Crippen LogP contribution in [0.15, 0.2) is 30.3 Å². The second-order valence-corrected chi connectivity index (χ2v) is 7.80. The molecule has 6 nitrogen and oxygen atoms in total. The van der Waals surface area contributed by atoms with Crippen molar-refractivity contribution in [1.82, 2.24) is 0 Å². The van der Waals surface area contributed by atoms with Gasteiger partial charge >= 0.3 is 10.3 Å². The maximum absolute atomic E-state index is 11.0. The molecule has 0 amide bonds. The standard InChI is InChI=1S/C17H25NO5S/c18-24(19,20)21-12-9-15-16(13-14-7-3-1-4-8-14)23-17(22-15)10-5-2-6-11-17/h1,3-4,7-8,15-16H,2,5-6,9-13H2,(H2,18,19,20). The highest BCUT2D eigenvalue weighted by atomic mass is 32.2. The average Bonchev–Trinajstić information content (AvgIpc) is 2.85. The molecule has 1 saturated heterocycles. The van der Waals surface area contributed by atoms with Crippen molar-refractivity contribution in [3.05, 3.63) is 35.9 Å². The fraction of sp³-hybridized carbons (Fsp3) is 0.647. The molecule has 1 spiro atoms. The molecule has 134 valence electrons. The van der Waals surface area contributed by atoms with Gasteiger partial charge < -0.3 is 9.47 Å². The van der Waals surface area contributed by atoms with Crippen molar-refractivity contribution in [1.29, 1.82) is 0 Å². The minimum absolute atomic E-state index is 0.00816. The van der Waals surface area contributed by atoms with Crippen LogP contribution in [0.1, 0.15) is 44.1 Å². The summed E-state index contributed by atoms with van der Waals surface area (Å²) in [6.07, 6.45) is 6.07. The first-order valence-electron chi connectivity index (χ1n) is 8.53. The summed E-state index contributed by atoms with van der Waals surface area (Å²) in [5.74, 6) is -0.510. The lowest BCUT2D eigenvalue weighted by molar-refractivity contribution is -0.194. The number of hydrogen-bond acceptors (Lipinski definition) is 5. The third kappa shape index (κ3) is 4.77. The van der Waals surface area contributed by atoms with Crippen molar-refractivity contribution in [2.75, 3.05) is 6.61 Å². The lowest BCUT2D eigenvalue weighted by Crippen LogP contribution is -2.33. The first-order chi connectivity index (χ1) is 11.5. The smallest absolute Gasteiger partial charge is 0.333 e. The molecule has 0 bridgehead atoms. The van der Waals surface area contributed by atoms with E-state index in [1.54, 1.807) is 0 Å². The quantitative estimate of drug-likeness (QED) is 0.846. The molecular formula is C17H25NO5S. The third-order valence-corrected chi connectivity index (χ3v) is 5.19. The first-order valence-corrected chi connectivity index (χ1v) is 10.00. The van der Waals surface area contributed by atoms with Crippen molar-refractivity contribution in [2.45, 2.75) is 62.9 Å². The molecule has 24 heavy (non-hydrogen) atoms. The van der Waals surface area contributed by atoms with Gasteiger partial charge in [-0.15, -0.1) is 0 Å². The molecule has 1 aromatic rings. The molecule has 1 aliphatic carbocycles. The second kappa shape index (κ2) is 7.49. The average molecular weight is 355 g/mol. The molecule has 2 aliphatic rings. The lowest BCUT2D eigenvalue weighted by Gasteiger charge is -2.32. The normalized spacial score (nSPS) is 26.7. The van der Waals surface area contributed by atoms with Crippen molar-refractivity contribution in [3.63, 3.8) is 0 Å². The molecule has 1 aliphatic heterocycles. The molecule has 2 atom stereocenters. The van der Waals surface area contributed by atoms with Gasteiger partial charge in [0.1, 0.15) is 0 Å². The van der Waals surface area contributed by atoms with Crippen molar-refractivity contribution in [2.24, 2.45) is 5.14 Å². The maximum Gasteiger partial charge on any atom is 0.333 e. The fourth-order valence-electron chi connectivity index (χ4n) is 3.60. The number of hydrogen-bond donors (Lipinski definition) is 1. The van der Waals surface area contributed by atoms with Crippen LogP contribution in [0.25, 0.3) is 0 Å². The number of nitrogens with two attached hydrogens (primary N) is 1. The largest absolute Gasteiger partial charge is 0.344 e. The summed E-state index contributed by atoms with van der Waals surface area (Å²) in [6, 6.07) is 10.1. The highest BCUT2D eigenvalue weighted by Gasteiger charge is 2.47. The van der Waals surface area contributed by atoms with Gasteiger partial charge in [-0.3, -0.25) is 4.18 Å². The van der Waals surface area contributed by atoms with Crippen LogP contribution in [0, 0.1) is 0 Å². The number of benzene rings is 1. The van der Waals surface area contributed by atoms with Gasteiger partial charge in [-0.05, 0) is 18.4 Å². The molecule has 1 heterocycles. The van der Waals surface area contributed by atoms with Crippen LogP contribution < -0.4 is 5.14 Å². The van der Waals surface area contributed by atoms with Crippen LogP contribution in [-0.2, 0) is 30.4 Å². The zero-order valence-electron chi connectivity index (χ0n) is 13.7. The van der Waals surface area contributed by atoms with Crippen molar-refractivity contribution in [3.8, 4) is 0 Å². The zero-order chi connectivity index (χ0) is 17.0. The summed E-state index contributed by atoms with van der Waals surface area (Å²) >= 11 is 0. The number of ether oxygens (including phenoxy) is 2. The molecule has 7 heteroatoms. The van der Waals surface area contributed by atoms with E-state index in [2.05, 4.69) is 16.3 Å². The van der Waals surface area contributed by atoms with E-state index in [1.165, 1.54) is 12.0 Å². The minimum atomic E-state index is -3.92. The van der Waals surface area contributed by atoms with Gasteiger partial charge in [-0.2, -0.15) is 8.42 Å². The van der Waals surface area contributed by atoms with Crippen LogP contribution in [0.2, 0.25) is 0 Å². The van der Waals surface area contributed by atoms with Crippen LogP contribution in [0.5, 0.6) is 0 Å². The van der Waals surface area contributed by atoms with Crippen LogP contribution >= 0.6 is 0 Å². The Balaban J connectivity index is 1.67. The monoisotopic (exact) mass is 355 g/mol. The zero-order valence-corrected chi connectivity index (χ0v) is 14.5. The molecule has 0 radical (unpaired) electrons. The molecule has 3 rings (SSSR count). The van der Waals surface area contributed by atoms with E-state index < -0.39 is 16.1 Å². The fourth-order valence-corrected chi connectivity index (χ4v) is 3.93. The van der Waals surface area contributed by atoms with Gasteiger partial charge in [0.2, 0.25) is 0 Å². The molecule has 0 aromatic heterocycles. The van der Waals surface area contributed by atoms with E-state index in [4.69, 9.17) is 14.6 Å². The van der Waals surface area contributed by atoms with Gasteiger partial charge in [0, 0.05) is 25.7 Å². The molecule has 2 fully saturated rings. The van der Waals surface area contributed by atoms with Crippen LogP contribution in [0.4, 0.5) is 0 Å². The van der Waals surface area contributed by atoms with Crippen molar-refractivity contribution >= 4 is 10.3 Å². The Hall–Kier alpha value is -0.990. The SMILES string of the molecule is NS(=O)(=O)OCCC1OC2(CCCCC2)OC1Cc1ccccc1. The van der Waals surface area contributed by atoms with E-state index in [0.717, 1.165) is 32.1 Å². The molecule has 1 aromatic carbocycles. The Morgan fingerprint density at radius 1 is 1.08 bits per heavy atom. The minimum Gasteiger partial charge on any atom is -0.344 e. The summed E-state index contributed by atoms with van der Waals surface area (Å²) in [4.78, 5) is 0. The predicted molar refractivity (Wildman–Crippen MR) is 89.4 cm³/mol. The highest BCUT2D eigenvalue weighted by Crippen LogP contribution is 2.42. The molecule has 2 N–H and O–H groups in total. The Kier molecular flexibility index (Phi) is 5.56. The summed E-state index contributed by atoms with van der Waals surface area (Å²) in [6.45, 7) is 0.00816. The molecular weight excluding hydrogens is 330 g/mol. The predicted octanol–water partition coefficient (Wildman–Crippen LogP) is 2.28. The lowest BCUT2D eigenvalue weighted by atomic mass is 9.94. The number of rotatable bonds is 6. The Morgan fingerprint density at radius 3 is 2.42 bits per heavy atom. The molecule has 1 saturated carbocycles. The Bertz CT molecular complexity index is 628. The Morgan fingerprint density at radius 2 is 1.75 bits per heavy atom. The second-order valence-electron chi connectivity index (χ2n) is 6.58. The summed E-state index contributed by atoms with van der Waals surface area (Å²) < 4.78 is 39.2. The van der Waals surface area contributed by atoms with E-state index in [9.17, 15) is 8.42 Å². The third-order valence-electron chi connectivity index (χ3n) is 4.69. The van der Waals surface area contributed by atoms with Gasteiger partial charge in [0.05, 0.1) is 18.8 Å². The van der Waals surface area contributed by atoms with E-state index >= 15 is 0 Å². The van der Waals surface area contributed by atoms with Crippen LogP contribution in [-0.4, -0.2) is 33.0 Å². The van der Waals surface area contributed by atoms with Gasteiger partial charge in [0.25, 0.3) is 0 Å². The summed E-state index contributed by atoms with van der Waals surface area (Å²) in [5.41, 5.74) is 1.18. The summed E-state index contributed by atoms with van der Waals surface area (Å²) in [5, 5.41) is 4.89. The van der Waals surface area contributed by atoms with Gasteiger partial charge in [-0.1, -0.05) is 36.8 Å². The first kappa shape index (κ1) is 17.8. The van der Waals surface area contributed by atoms with E-state index in [0.29, 0.717) is 6.42 Å². The van der Waals surface area contributed by atoms with Gasteiger partial charge in [0.15, 0.2) is 5.79 Å². The van der Waals surface area contributed by atoms with E-state index in [1.807, 2.05) is 18.2 Å².